The van der Waals surface area contributed by atoms with Crippen molar-refractivity contribution in [2.24, 2.45) is 5.92 Å². The van der Waals surface area contributed by atoms with E-state index in [4.69, 9.17) is 12.2 Å². The molecule has 2 aromatic carbocycles. The third-order valence-electron chi connectivity index (χ3n) is 6.18. The summed E-state index contributed by atoms with van der Waals surface area (Å²) in [6, 6.07) is 17.1. The largest absolute Gasteiger partial charge is 0.332 e. The lowest BCUT2D eigenvalue weighted by atomic mass is 9.89. The number of ketones is 1. The molecule has 4 rings (SSSR count). The molecule has 3 N–H and O–H groups in total. The summed E-state index contributed by atoms with van der Waals surface area (Å²) in [7, 11) is 0. The highest BCUT2D eigenvalue weighted by atomic mass is 32.2. The van der Waals surface area contributed by atoms with Crippen LogP contribution in [0.25, 0.3) is 0 Å². The van der Waals surface area contributed by atoms with Gasteiger partial charge in [-0.1, -0.05) is 13.0 Å². The van der Waals surface area contributed by atoms with Crippen molar-refractivity contribution in [2.75, 3.05) is 16.0 Å². The van der Waals surface area contributed by atoms with E-state index in [9.17, 15) is 14.9 Å². The lowest BCUT2D eigenvalue weighted by Crippen LogP contribution is -2.22. The summed E-state index contributed by atoms with van der Waals surface area (Å²) in [6.07, 6.45) is 2.94. The van der Waals surface area contributed by atoms with E-state index in [1.54, 1.807) is 35.6 Å². The molecule has 1 aromatic heterocycles. The number of thiocarbonyl (C=S) groups is 1. The molecular formula is C28H28N4O2S3. The van der Waals surface area contributed by atoms with Crippen LogP contribution in [0.2, 0.25) is 0 Å². The Bertz CT molecular complexity index is 1380. The minimum absolute atomic E-state index is 0.0131. The van der Waals surface area contributed by atoms with Gasteiger partial charge >= 0.3 is 0 Å². The van der Waals surface area contributed by atoms with E-state index in [1.807, 2.05) is 31.2 Å². The fourth-order valence-corrected chi connectivity index (χ4v) is 6.68. The Balaban J connectivity index is 1.35. The second kappa shape index (κ2) is 11.9. The molecule has 0 spiro atoms. The van der Waals surface area contributed by atoms with E-state index >= 15 is 0 Å². The van der Waals surface area contributed by atoms with Crippen LogP contribution >= 0.6 is 35.3 Å². The Morgan fingerprint density at radius 3 is 2.57 bits per heavy atom. The number of thioether (sulfide) groups is 1. The van der Waals surface area contributed by atoms with Gasteiger partial charge in [0.05, 0.1) is 10.8 Å². The maximum atomic E-state index is 13.0. The van der Waals surface area contributed by atoms with Crippen molar-refractivity contribution >= 4 is 68.5 Å². The van der Waals surface area contributed by atoms with Gasteiger partial charge in [-0.05, 0) is 99.3 Å². The molecule has 0 bridgehead atoms. The van der Waals surface area contributed by atoms with Gasteiger partial charge in [0.15, 0.2) is 10.9 Å². The first kappa shape index (κ1) is 26.9. The predicted molar refractivity (Wildman–Crippen MR) is 157 cm³/mol. The summed E-state index contributed by atoms with van der Waals surface area (Å²) < 4.78 is 0. The maximum absolute atomic E-state index is 13.0. The zero-order valence-corrected chi connectivity index (χ0v) is 23.3. The molecule has 3 aromatic rings. The first-order chi connectivity index (χ1) is 17.7. The Hall–Kier alpha value is -3.19. The van der Waals surface area contributed by atoms with Crippen LogP contribution in [0.3, 0.4) is 0 Å². The highest BCUT2D eigenvalue weighted by Crippen LogP contribution is 2.39. The van der Waals surface area contributed by atoms with Crippen molar-refractivity contribution in [1.82, 2.24) is 0 Å². The number of carbonyl (C=O) groups is 2. The van der Waals surface area contributed by atoms with Crippen LogP contribution in [0, 0.1) is 17.2 Å². The molecule has 0 saturated carbocycles. The molecule has 6 nitrogen and oxygen atoms in total. The van der Waals surface area contributed by atoms with Gasteiger partial charge in [-0.15, -0.1) is 23.1 Å². The van der Waals surface area contributed by atoms with Crippen molar-refractivity contribution in [2.45, 2.75) is 50.2 Å². The first-order valence-electron chi connectivity index (χ1n) is 12.0. The fourth-order valence-electron chi connectivity index (χ4n) is 4.16. The van der Waals surface area contributed by atoms with Gasteiger partial charge in [-0.2, -0.15) is 5.26 Å². The summed E-state index contributed by atoms with van der Waals surface area (Å²) in [6.45, 7) is 5.62. The number of nitriles is 1. The molecule has 0 aliphatic heterocycles. The third-order valence-corrected chi connectivity index (χ3v) is 8.65. The number of amides is 1. The van der Waals surface area contributed by atoms with E-state index in [0.29, 0.717) is 27.2 Å². The second-order valence-electron chi connectivity index (χ2n) is 9.16. The average Bonchev–Trinajstić information content (AvgIpc) is 3.20. The molecule has 190 valence electrons. The topological polar surface area (TPSA) is 94.0 Å². The van der Waals surface area contributed by atoms with Crippen LogP contribution in [-0.2, 0) is 17.6 Å². The first-order valence-corrected chi connectivity index (χ1v) is 14.1. The zero-order chi connectivity index (χ0) is 26.5. The Labute approximate surface area is 230 Å². The van der Waals surface area contributed by atoms with Crippen molar-refractivity contribution in [1.29, 1.82) is 5.26 Å². The number of nitrogens with one attached hydrogen (secondary N) is 3. The van der Waals surface area contributed by atoms with Crippen molar-refractivity contribution < 1.29 is 9.59 Å². The molecular weight excluding hydrogens is 521 g/mol. The van der Waals surface area contributed by atoms with Gasteiger partial charge in [0.2, 0.25) is 5.91 Å². The normalized spacial score (nSPS) is 15.1. The van der Waals surface area contributed by atoms with Crippen molar-refractivity contribution in [3.63, 3.8) is 0 Å². The molecule has 9 heteroatoms. The number of thiophene rings is 1. The molecule has 2 atom stereocenters. The molecule has 1 aliphatic rings. The second-order valence-corrected chi connectivity index (χ2v) is 12.1. The van der Waals surface area contributed by atoms with Crippen LogP contribution in [0.15, 0.2) is 53.4 Å². The summed E-state index contributed by atoms with van der Waals surface area (Å²) >= 11 is 8.42. The quantitative estimate of drug-likeness (QED) is 0.168. The van der Waals surface area contributed by atoms with Gasteiger partial charge in [0.1, 0.15) is 11.1 Å². The average molecular weight is 549 g/mol. The van der Waals surface area contributed by atoms with Crippen LogP contribution in [-0.4, -0.2) is 22.1 Å². The minimum Gasteiger partial charge on any atom is -0.332 e. The van der Waals surface area contributed by atoms with Gasteiger partial charge in [-0.25, -0.2) is 0 Å². The molecule has 1 heterocycles. The summed E-state index contributed by atoms with van der Waals surface area (Å²) in [5.41, 5.74) is 3.95. The number of carbonyl (C=O) groups excluding carboxylic acids is 2. The fraction of sp³-hybridized carbons (Fsp3) is 0.286. The number of anilines is 3. The van der Waals surface area contributed by atoms with Gasteiger partial charge in [0.25, 0.3) is 0 Å². The van der Waals surface area contributed by atoms with E-state index in [-0.39, 0.29) is 16.9 Å². The Morgan fingerprint density at radius 2 is 1.86 bits per heavy atom. The highest BCUT2D eigenvalue weighted by molar-refractivity contribution is 8.00. The van der Waals surface area contributed by atoms with Crippen LogP contribution in [0.5, 0.6) is 0 Å². The van der Waals surface area contributed by atoms with E-state index in [1.165, 1.54) is 23.6 Å². The van der Waals surface area contributed by atoms with Crippen molar-refractivity contribution in [3.05, 3.63) is 70.1 Å². The summed E-state index contributed by atoms with van der Waals surface area (Å²) in [5, 5.41) is 19.7. The Kier molecular flexibility index (Phi) is 8.64. The summed E-state index contributed by atoms with van der Waals surface area (Å²) in [5.74, 6) is 0.490. The molecule has 37 heavy (non-hydrogen) atoms. The van der Waals surface area contributed by atoms with Gasteiger partial charge in [0, 0.05) is 26.7 Å². The number of rotatable bonds is 7. The SMILES string of the molecule is CC(=O)c1ccc(NC(=S)Nc2cccc(SC(C)C(=O)Nc3sc4c(c3C#N)CCC(C)C4)c2)cc1. The zero-order valence-electron chi connectivity index (χ0n) is 20.9. The predicted octanol–water partition coefficient (Wildman–Crippen LogP) is 6.88. The maximum Gasteiger partial charge on any atom is 0.238 e. The molecule has 1 aliphatic carbocycles. The molecule has 1 amide bonds. The van der Waals surface area contributed by atoms with Crippen molar-refractivity contribution in [3.8, 4) is 6.07 Å². The third kappa shape index (κ3) is 6.77. The molecule has 0 saturated heterocycles. The molecule has 0 radical (unpaired) electrons. The lowest BCUT2D eigenvalue weighted by Gasteiger charge is -2.17. The standard InChI is InChI=1S/C28H28N4O2S3/c1-16-7-12-23-24(15-29)27(37-25(23)13-16)32-26(34)18(3)36-22-6-4-5-21(14-22)31-28(35)30-20-10-8-19(9-11-20)17(2)33/h4-6,8-11,14,16,18H,7,12-13H2,1-3H3,(H,32,34)(H2,30,31,35). The number of benzene rings is 2. The molecule has 2 unspecified atom stereocenters. The number of hydrogen-bond donors (Lipinski definition) is 3. The van der Waals surface area contributed by atoms with Gasteiger partial charge in [-0.3, -0.25) is 9.59 Å². The number of fused-ring (bicyclic) bond motifs is 1. The van der Waals surface area contributed by atoms with Crippen LogP contribution < -0.4 is 16.0 Å². The number of nitrogens with zero attached hydrogens (tertiary/aromatic N) is 1. The smallest absolute Gasteiger partial charge is 0.238 e. The number of Topliss-reactive ketones (excluding diaryl/α,β-unsaturated/α-hetero) is 1. The Morgan fingerprint density at radius 1 is 1.14 bits per heavy atom. The molecule has 0 fully saturated rings. The van der Waals surface area contributed by atoms with E-state index < -0.39 is 0 Å². The highest BCUT2D eigenvalue weighted by Gasteiger charge is 2.26. The summed E-state index contributed by atoms with van der Waals surface area (Å²) in [4.78, 5) is 26.6. The van der Waals surface area contributed by atoms with Crippen LogP contribution in [0.1, 0.15) is 53.6 Å². The van der Waals surface area contributed by atoms with Gasteiger partial charge < -0.3 is 16.0 Å². The van der Waals surface area contributed by atoms with Crippen LogP contribution in [0.4, 0.5) is 16.4 Å². The number of hydrogen-bond acceptors (Lipinski definition) is 6. The lowest BCUT2D eigenvalue weighted by molar-refractivity contribution is -0.115. The minimum atomic E-state index is -0.357. The monoisotopic (exact) mass is 548 g/mol. The van der Waals surface area contributed by atoms with E-state index in [0.717, 1.165) is 41.1 Å². The van der Waals surface area contributed by atoms with E-state index in [2.05, 4.69) is 28.9 Å².